The molecule has 1 saturated heterocycles. The standard InChI is InChI=1S/C16H22INO3/c1-15(2,3)21-14(19)18-10-8-16(20,9-11-18)12-4-6-13(17)7-5-12/h4-7,20H,8-11H2,1-3H3. The zero-order valence-corrected chi connectivity index (χ0v) is 14.9. The molecule has 1 N–H and O–H groups in total. The largest absolute Gasteiger partial charge is 0.444 e. The number of nitrogens with zero attached hydrogens (tertiary/aromatic N) is 1. The summed E-state index contributed by atoms with van der Waals surface area (Å²) in [5.74, 6) is 0. The third-order valence-electron chi connectivity index (χ3n) is 3.62. The molecule has 0 atom stereocenters. The van der Waals surface area contributed by atoms with Crippen LogP contribution in [0, 0.1) is 3.57 Å². The van der Waals surface area contributed by atoms with Crippen molar-refractivity contribution in [3.05, 3.63) is 33.4 Å². The number of likely N-dealkylation sites (tertiary alicyclic amines) is 1. The molecule has 0 radical (unpaired) electrons. The van der Waals surface area contributed by atoms with E-state index in [-0.39, 0.29) is 6.09 Å². The average molecular weight is 403 g/mol. The summed E-state index contributed by atoms with van der Waals surface area (Å²) in [6, 6.07) is 7.91. The smallest absolute Gasteiger partial charge is 0.410 e. The number of piperidine rings is 1. The van der Waals surface area contributed by atoms with Crippen molar-refractivity contribution in [2.24, 2.45) is 0 Å². The second-order valence-corrected chi connectivity index (χ2v) is 7.75. The Bertz CT molecular complexity index is 499. The predicted octanol–water partition coefficient (Wildman–Crippen LogP) is 3.51. The van der Waals surface area contributed by atoms with Crippen LogP contribution in [0.3, 0.4) is 0 Å². The maximum absolute atomic E-state index is 12.0. The molecule has 0 aliphatic carbocycles. The van der Waals surface area contributed by atoms with E-state index in [2.05, 4.69) is 22.6 Å². The molecule has 116 valence electrons. The zero-order valence-electron chi connectivity index (χ0n) is 12.7. The van der Waals surface area contributed by atoms with Gasteiger partial charge in [-0.3, -0.25) is 0 Å². The Labute approximate surface area is 139 Å². The van der Waals surface area contributed by atoms with Crippen LogP contribution in [0.15, 0.2) is 24.3 Å². The minimum atomic E-state index is -0.844. The van der Waals surface area contributed by atoms with E-state index in [1.807, 2.05) is 45.0 Å². The van der Waals surface area contributed by atoms with Gasteiger partial charge in [0.2, 0.25) is 0 Å². The Kier molecular flexibility index (Phi) is 4.82. The number of carbonyl (C=O) groups excluding carboxylic acids is 1. The van der Waals surface area contributed by atoms with E-state index in [0.717, 1.165) is 9.13 Å². The molecule has 1 heterocycles. The Morgan fingerprint density at radius 1 is 1.24 bits per heavy atom. The fourth-order valence-corrected chi connectivity index (χ4v) is 2.79. The number of halogens is 1. The van der Waals surface area contributed by atoms with Gasteiger partial charge in [0.15, 0.2) is 0 Å². The van der Waals surface area contributed by atoms with E-state index in [4.69, 9.17) is 4.74 Å². The van der Waals surface area contributed by atoms with E-state index >= 15 is 0 Å². The highest BCUT2D eigenvalue weighted by atomic mass is 127. The second-order valence-electron chi connectivity index (χ2n) is 6.51. The predicted molar refractivity (Wildman–Crippen MR) is 90.1 cm³/mol. The van der Waals surface area contributed by atoms with Gasteiger partial charge in [0.1, 0.15) is 5.60 Å². The molecule has 0 saturated carbocycles. The number of amides is 1. The number of carbonyl (C=O) groups is 1. The first-order valence-corrected chi connectivity index (χ1v) is 8.24. The number of hydrogen-bond donors (Lipinski definition) is 1. The maximum atomic E-state index is 12.0. The van der Waals surface area contributed by atoms with Crippen LogP contribution in [-0.4, -0.2) is 34.8 Å². The Morgan fingerprint density at radius 2 is 1.76 bits per heavy atom. The highest BCUT2D eigenvalue weighted by molar-refractivity contribution is 14.1. The average Bonchev–Trinajstić information content (AvgIpc) is 2.38. The van der Waals surface area contributed by atoms with Crippen molar-refractivity contribution in [3.8, 4) is 0 Å². The van der Waals surface area contributed by atoms with Gasteiger partial charge in [0.05, 0.1) is 5.60 Å². The van der Waals surface area contributed by atoms with Gasteiger partial charge in [-0.1, -0.05) is 12.1 Å². The quantitative estimate of drug-likeness (QED) is 0.731. The highest BCUT2D eigenvalue weighted by Gasteiger charge is 2.36. The summed E-state index contributed by atoms with van der Waals surface area (Å²) < 4.78 is 6.52. The van der Waals surface area contributed by atoms with E-state index < -0.39 is 11.2 Å². The molecular formula is C16H22INO3. The van der Waals surface area contributed by atoms with Crippen LogP contribution in [0.1, 0.15) is 39.2 Å². The normalized spacial score (nSPS) is 18.4. The number of rotatable bonds is 1. The van der Waals surface area contributed by atoms with Gasteiger partial charge in [-0.25, -0.2) is 4.79 Å². The van der Waals surface area contributed by atoms with E-state index in [1.54, 1.807) is 4.90 Å². The third-order valence-corrected chi connectivity index (χ3v) is 4.34. The summed E-state index contributed by atoms with van der Waals surface area (Å²) >= 11 is 2.25. The Balaban J connectivity index is 1.99. The van der Waals surface area contributed by atoms with Crippen LogP contribution in [0.25, 0.3) is 0 Å². The van der Waals surface area contributed by atoms with Crippen LogP contribution in [0.2, 0.25) is 0 Å². The highest BCUT2D eigenvalue weighted by Crippen LogP contribution is 2.33. The monoisotopic (exact) mass is 403 g/mol. The van der Waals surface area contributed by atoms with Gasteiger partial charge in [-0.05, 0) is 73.9 Å². The van der Waals surface area contributed by atoms with Crippen molar-refractivity contribution < 1.29 is 14.6 Å². The fraction of sp³-hybridized carbons (Fsp3) is 0.562. The molecule has 0 spiro atoms. The van der Waals surface area contributed by atoms with Crippen molar-refractivity contribution in [1.82, 2.24) is 4.90 Å². The summed E-state index contributed by atoms with van der Waals surface area (Å²) in [6.45, 7) is 6.60. The fourth-order valence-electron chi connectivity index (χ4n) is 2.43. The molecule has 2 rings (SSSR count). The Hall–Kier alpha value is -0.820. The molecule has 1 fully saturated rings. The van der Waals surface area contributed by atoms with Gasteiger partial charge in [0, 0.05) is 16.7 Å². The van der Waals surface area contributed by atoms with Crippen LogP contribution in [0.5, 0.6) is 0 Å². The summed E-state index contributed by atoms with van der Waals surface area (Å²) in [4.78, 5) is 13.7. The van der Waals surface area contributed by atoms with Gasteiger partial charge >= 0.3 is 6.09 Å². The van der Waals surface area contributed by atoms with E-state index in [1.165, 1.54) is 0 Å². The molecule has 4 nitrogen and oxygen atoms in total. The Morgan fingerprint density at radius 3 is 2.24 bits per heavy atom. The van der Waals surface area contributed by atoms with E-state index in [9.17, 15) is 9.90 Å². The molecule has 1 amide bonds. The lowest BCUT2D eigenvalue weighted by atomic mass is 9.84. The minimum absolute atomic E-state index is 0.299. The number of aliphatic hydroxyl groups is 1. The first kappa shape index (κ1) is 16.5. The number of benzene rings is 1. The van der Waals surface area contributed by atoms with E-state index in [0.29, 0.717) is 25.9 Å². The molecule has 21 heavy (non-hydrogen) atoms. The lowest BCUT2D eigenvalue weighted by molar-refractivity contribution is -0.0356. The first-order chi connectivity index (χ1) is 9.70. The second kappa shape index (κ2) is 6.12. The van der Waals surface area contributed by atoms with Crippen LogP contribution in [0.4, 0.5) is 4.79 Å². The number of ether oxygens (including phenoxy) is 1. The zero-order chi connectivity index (χ0) is 15.7. The molecule has 0 bridgehead atoms. The van der Waals surface area contributed by atoms with Crippen molar-refractivity contribution in [3.63, 3.8) is 0 Å². The molecule has 1 aromatic carbocycles. The van der Waals surface area contributed by atoms with Crippen LogP contribution >= 0.6 is 22.6 Å². The van der Waals surface area contributed by atoms with Gasteiger partial charge in [0.25, 0.3) is 0 Å². The molecule has 0 unspecified atom stereocenters. The molecule has 0 aromatic heterocycles. The van der Waals surface area contributed by atoms with Crippen LogP contribution in [-0.2, 0) is 10.3 Å². The molecule has 1 aliphatic heterocycles. The maximum Gasteiger partial charge on any atom is 0.410 e. The molecule has 1 aromatic rings. The minimum Gasteiger partial charge on any atom is -0.444 e. The lowest BCUT2D eigenvalue weighted by Gasteiger charge is -2.38. The van der Waals surface area contributed by atoms with Crippen molar-refractivity contribution in [2.45, 2.75) is 44.8 Å². The summed E-state index contributed by atoms with van der Waals surface area (Å²) in [5, 5.41) is 10.8. The summed E-state index contributed by atoms with van der Waals surface area (Å²) in [6.07, 6.45) is 0.770. The van der Waals surface area contributed by atoms with Gasteiger partial charge < -0.3 is 14.7 Å². The summed E-state index contributed by atoms with van der Waals surface area (Å²) in [7, 11) is 0. The van der Waals surface area contributed by atoms with Crippen LogP contribution < -0.4 is 0 Å². The van der Waals surface area contributed by atoms with Crippen molar-refractivity contribution in [1.29, 1.82) is 0 Å². The first-order valence-electron chi connectivity index (χ1n) is 7.16. The molecule has 5 heteroatoms. The molecular weight excluding hydrogens is 381 g/mol. The SMILES string of the molecule is CC(C)(C)OC(=O)N1CCC(O)(c2ccc(I)cc2)CC1. The van der Waals surface area contributed by atoms with Crippen molar-refractivity contribution in [2.75, 3.05) is 13.1 Å². The van der Waals surface area contributed by atoms with Gasteiger partial charge in [-0.2, -0.15) is 0 Å². The van der Waals surface area contributed by atoms with Gasteiger partial charge in [-0.15, -0.1) is 0 Å². The van der Waals surface area contributed by atoms with Crippen molar-refractivity contribution >= 4 is 28.7 Å². The number of hydrogen-bond acceptors (Lipinski definition) is 3. The third kappa shape index (κ3) is 4.32. The summed E-state index contributed by atoms with van der Waals surface area (Å²) in [5.41, 5.74) is -0.407. The molecule has 1 aliphatic rings. The topological polar surface area (TPSA) is 49.8 Å². The lowest BCUT2D eigenvalue weighted by Crippen LogP contribution is -2.46.